The van der Waals surface area contributed by atoms with E-state index in [2.05, 4.69) is 5.32 Å². The molecule has 0 unspecified atom stereocenters. The molecule has 0 saturated carbocycles. The first-order valence-corrected chi connectivity index (χ1v) is 7.45. The molecule has 106 valence electrons. The van der Waals surface area contributed by atoms with Crippen LogP contribution in [0.3, 0.4) is 0 Å². The number of carbonyl (C=O) groups excluding carboxylic acids is 1. The topological polar surface area (TPSA) is 101 Å². The van der Waals surface area contributed by atoms with Crippen LogP contribution in [0.1, 0.15) is 13.8 Å². The van der Waals surface area contributed by atoms with Gasteiger partial charge in [0, 0.05) is 11.1 Å². The Balaban J connectivity index is 3.12. The van der Waals surface area contributed by atoms with E-state index in [1.165, 1.54) is 12.1 Å². The number of nitrogen functional groups attached to an aromatic ring is 1. The lowest BCUT2D eigenvalue weighted by Gasteiger charge is -2.13. The second kappa shape index (κ2) is 5.85. The Labute approximate surface area is 121 Å². The van der Waals surface area contributed by atoms with E-state index in [1.807, 2.05) is 4.72 Å². The summed E-state index contributed by atoms with van der Waals surface area (Å²) in [6.45, 7) is 3.38. The average molecular weight is 326 g/mol. The van der Waals surface area contributed by atoms with Crippen LogP contribution in [0, 0.1) is 0 Å². The van der Waals surface area contributed by atoms with Crippen molar-refractivity contribution in [2.45, 2.75) is 24.8 Å². The van der Waals surface area contributed by atoms with E-state index in [1.54, 1.807) is 13.8 Å². The summed E-state index contributed by atoms with van der Waals surface area (Å²) in [6, 6.07) is 1.39. The average Bonchev–Trinajstić information content (AvgIpc) is 2.10. The van der Waals surface area contributed by atoms with E-state index in [4.69, 9.17) is 28.9 Å². The molecule has 19 heavy (non-hydrogen) atoms. The SMILES string of the molecule is CC(C)NC(=O)NS(=O)(=O)c1c(N)cc(Cl)cc1Cl. The van der Waals surface area contributed by atoms with Crippen LogP contribution < -0.4 is 15.8 Å². The quantitative estimate of drug-likeness (QED) is 0.739. The van der Waals surface area contributed by atoms with Crippen molar-refractivity contribution in [1.29, 1.82) is 0 Å². The molecular formula is C10H13Cl2N3O3S. The van der Waals surface area contributed by atoms with Crippen molar-refractivity contribution in [2.24, 2.45) is 0 Å². The highest BCUT2D eigenvalue weighted by molar-refractivity contribution is 7.90. The predicted molar refractivity (Wildman–Crippen MR) is 74.9 cm³/mol. The number of rotatable bonds is 3. The summed E-state index contributed by atoms with van der Waals surface area (Å²) in [6.07, 6.45) is 0. The highest BCUT2D eigenvalue weighted by Gasteiger charge is 2.24. The predicted octanol–water partition coefficient (Wildman–Crippen LogP) is 1.97. The molecule has 0 fully saturated rings. The number of hydrogen-bond donors (Lipinski definition) is 3. The molecule has 9 heteroatoms. The Morgan fingerprint density at radius 2 is 1.89 bits per heavy atom. The van der Waals surface area contributed by atoms with Crippen molar-refractivity contribution in [3.63, 3.8) is 0 Å². The molecule has 0 aliphatic rings. The molecule has 1 aromatic rings. The van der Waals surface area contributed by atoms with Crippen molar-refractivity contribution >= 4 is 44.9 Å². The number of sulfonamides is 1. The summed E-state index contributed by atoms with van der Waals surface area (Å²) in [5, 5.41) is 2.42. The number of anilines is 1. The number of benzene rings is 1. The van der Waals surface area contributed by atoms with Crippen molar-refractivity contribution < 1.29 is 13.2 Å². The number of hydrogen-bond acceptors (Lipinski definition) is 4. The van der Waals surface area contributed by atoms with Gasteiger partial charge in [-0.05, 0) is 26.0 Å². The van der Waals surface area contributed by atoms with Gasteiger partial charge in [0.05, 0.1) is 10.7 Å². The number of carbonyl (C=O) groups is 1. The van der Waals surface area contributed by atoms with Gasteiger partial charge in [0.2, 0.25) is 0 Å². The molecule has 0 bridgehead atoms. The van der Waals surface area contributed by atoms with Crippen LogP contribution in [0.2, 0.25) is 10.0 Å². The Morgan fingerprint density at radius 1 is 1.32 bits per heavy atom. The van der Waals surface area contributed by atoms with Crippen LogP contribution in [-0.4, -0.2) is 20.5 Å². The molecule has 0 spiro atoms. The molecule has 0 saturated heterocycles. The zero-order valence-corrected chi connectivity index (χ0v) is 12.5. The molecule has 0 atom stereocenters. The third kappa shape index (κ3) is 4.15. The summed E-state index contributed by atoms with van der Waals surface area (Å²) in [5.74, 6) is 0. The number of nitrogens with two attached hydrogens (primary N) is 1. The lowest BCUT2D eigenvalue weighted by molar-refractivity contribution is 0.243. The van der Waals surface area contributed by atoms with E-state index in [-0.39, 0.29) is 26.7 Å². The van der Waals surface area contributed by atoms with E-state index in [0.29, 0.717) is 0 Å². The molecule has 0 heterocycles. The molecule has 0 aliphatic carbocycles. The van der Waals surface area contributed by atoms with E-state index in [9.17, 15) is 13.2 Å². The summed E-state index contributed by atoms with van der Waals surface area (Å²) >= 11 is 11.5. The number of halogens is 2. The van der Waals surface area contributed by atoms with Gasteiger partial charge in [0.1, 0.15) is 4.90 Å². The van der Waals surface area contributed by atoms with Gasteiger partial charge >= 0.3 is 6.03 Å². The molecule has 1 rings (SSSR count). The maximum atomic E-state index is 12.0. The molecule has 0 aromatic heterocycles. The minimum Gasteiger partial charge on any atom is -0.398 e. The van der Waals surface area contributed by atoms with Crippen molar-refractivity contribution in [2.75, 3.05) is 5.73 Å². The first-order valence-electron chi connectivity index (χ1n) is 5.21. The Bertz CT molecular complexity index is 579. The number of urea groups is 1. The van der Waals surface area contributed by atoms with Crippen molar-refractivity contribution in [3.8, 4) is 0 Å². The Hall–Kier alpha value is -1.18. The first-order chi connectivity index (χ1) is 8.63. The molecule has 6 nitrogen and oxygen atoms in total. The Morgan fingerprint density at radius 3 is 2.37 bits per heavy atom. The Kier molecular flexibility index (Phi) is 4.89. The summed E-state index contributed by atoms with van der Waals surface area (Å²) < 4.78 is 25.8. The summed E-state index contributed by atoms with van der Waals surface area (Å²) in [5.41, 5.74) is 5.43. The lowest BCUT2D eigenvalue weighted by atomic mass is 10.3. The fourth-order valence-electron chi connectivity index (χ4n) is 1.33. The molecule has 0 radical (unpaired) electrons. The molecule has 0 aliphatic heterocycles. The maximum Gasteiger partial charge on any atom is 0.328 e. The van der Waals surface area contributed by atoms with Gasteiger partial charge in [0.15, 0.2) is 0 Å². The molecule has 1 aromatic carbocycles. The van der Waals surface area contributed by atoms with Crippen LogP contribution >= 0.6 is 23.2 Å². The van der Waals surface area contributed by atoms with Crippen LogP contribution in [-0.2, 0) is 10.0 Å². The van der Waals surface area contributed by atoms with Gasteiger partial charge in [-0.1, -0.05) is 23.2 Å². The third-order valence-electron chi connectivity index (χ3n) is 1.95. The highest BCUT2D eigenvalue weighted by atomic mass is 35.5. The van der Waals surface area contributed by atoms with Gasteiger partial charge in [-0.15, -0.1) is 0 Å². The lowest BCUT2D eigenvalue weighted by Crippen LogP contribution is -2.42. The standard InChI is InChI=1S/C10H13Cl2N3O3S/c1-5(2)14-10(16)15-19(17,18)9-7(12)3-6(11)4-8(9)13/h3-5H,13H2,1-2H3,(H2,14,15,16). The first kappa shape index (κ1) is 15.9. The van der Waals surface area contributed by atoms with Gasteiger partial charge < -0.3 is 11.1 Å². The maximum absolute atomic E-state index is 12.0. The summed E-state index contributed by atoms with van der Waals surface area (Å²) in [7, 11) is -4.16. The van der Waals surface area contributed by atoms with E-state index in [0.717, 1.165) is 0 Å². The highest BCUT2D eigenvalue weighted by Crippen LogP contribution is 2.30. The second-order valence-electron chi connectivity index (χ2n) is 4.04. The van der Waals surface area contributed by atoms with Gasteiger partial charge in [-0.3, -0.25) is 0 Å². The smallest absolute Gasteiger partial charge is 0.328 e. The second-order valence-corrected chi connectivity index (χ2v) is 6.50. The number of nitrogens with one attached hydrogen (secondary N) is 2. The van der Waals surface area contributed by atoms with Crippen molar-refractivity contribution in [3.05, 3.63) is 22.2 Å². The molecule has 2 amide bonds. The van der Waals surface area contributed by atoms with Gasteiger partial charge in [-0.2, -0.15) is 0 Å². The molecule has 4 N–H and O–H groups in total. The largest absolute Gasteiger partial charge is 0.398 e. The van der Waals surface area contributed by atoms with E-state index < -0.39 is 16.1 Å². The van der Waals surface area contributed by atoms with E-state index >= 15 is 0 Å². The minimum absolute atomic E-state index is 0.137. The molecular weight excluding hydrogens is 313 g/mol. The number of amides is 2. The zero-order chi connectivity index (χ0) is 14.8. The normalized spacial score (nSPS) is 11.4. The fraction of sp³-hybridized carbons (Fsp3) is 0.300. The minimum atomic E-state index is -4.16. The monoisotopic (exact) mass is 325 g/mol. The van der Waals surface area contributed by atoms with Crippen LogP contribution in [0.4, 0.5) is 10.5 Å². The zero-order valence-electron chi connectivity index (χ0n) is 10.2. The van der Waals surface area contributed by atoms with Crippen molar-refractivity contribution in [1.82, 2.24) is 10.0 Å². The van der Waals surface area contributed by atoms with Crippen LogP contribution in [0.5, 0.6) is 0 Å². The van der Waals surface area contributed by atoms with Gasteiger partial charge in [0.25, 0.3) is 10.0 Å². The van der Waals surface area contributed by atoms with Crippen LogP contribution in [0.15, 0.2) is 17.0 Å². The van der Waals surface area contributed by atoms with Gasteiger partial charge in [-0.25, -0.2) is 17.9 Å². The summed E-state index contributed by atoms with van der Waals surface area (Å²) in [4.78, 5) is 11.0. The third-order valence-corrected chi connectivity index (χ3v) is 4.03. The van der Waals surface area contributed by atoms with Crippen LogP contribution in [0.25, 0.3) is 0 Å². The fourth-order valence-corrected chi connectivity index (χ4v) is 3.23.